The maximum atomic E-state index is 13.6. The number of thiophene rings is 1. The molecule has 0 spiro atoms. The molecular weight excluding hydrogens is 407 g/mol. The minimum atomic E-state index is -0.467. The molecule has 0 bridgehead atoms. The first-order valence-electron chi connectivity index (χ1n) is 9.15. The van der Waals surface area contributed by atoms with Crippen LogP contribution in [0.25, 0.3) is 5.57 Å². The third-order valence-electron chi connectivity index (χ3n) is 4.81. The molecule has 5 rings (SSSR count). The van der Waals surface area contributed by atoms with Gasteiger partial charge < -0.3 is 14.8 Å². The number of amides is 2. The lowest BCUT2D eigenvalue weighted by Gasteiger charge is -2.15. The Bertz CT molecular complexity index is 1190. The van der Waals surface area contributed by atoms with E-state index >= 15 is 0 Å². The van der Waals surface area contributed by atoms with Crippen molar-refractivity contribution in [2.75, 3.05) is 12.1 Å². The summed E-state index contributed by atoms with van der Waals surface area (Å²) >= 11 is 1.36. The molecule has 0 saturated heterocycles. The van der Waals surface area contributed by atoms with Crippen molar-refractivity contribution in [3.05, 3.63) is 81.9 Å². The SMILES string of the molecule is O=C1C(Nc2cccc(F)c2)=C(c2cccs2)C(=O)N1Cc1ccc2c(c1)OCO2. The fourth-order valence-corrected chi connectivity index (χ4v) is 4.19. The molecule has 0 fully saturated rings. The van der Waals surface area contributed by atoms with Gasteiger partial charge in [-0.15, -0.1) is 11.3 Å². The fraction of sp³-hybridized carbons (Fsp3) is 0.0909. The zero-order valence-electron chi connectivity index (χ0n) is 15.6. The lowest BCUT2D eigenvalue weighted by atomic mass is 10.1. The lowest BCUT2D eigenvalue weighted by Crippen LogP contribution is -2.31. The van der Waals surface area contributed by atoms with E-state index in [-0.39, 0.29) is 24.6 Å². The summed E-state index contributed by atoms with van der Waals surface area (Å²) in [6, 6.07) is 14.7. The van der Waals surface area contributed by atoms with E-state index in [1.807, 2.05) is 11.4 Å². The van der Waals surface area contributed by atoms with Gasteiger partial charge in [-0.25, -0.2) is 4.39 Å². The Labute approximate surface area is 175 Å². The summed E-state index contributed by atoms with van der Waals surface area (Å²) < 4.78 is 24.3. The molecule has 6 nitrogen and oxygen atoms in total. The summed E-state index contributed by atoms with van der Waals surface area (Å²) in [5, 5.41) is 4.78. The van der Waals surface area contributed by atoms with Crippen LogP contribution in [0.1, 0.15) is 10.4 Å². The zero-order valence-corrected chi connectivity index (χ0v) is 16.4. The molecule has 0 atom stereocenters. The minimum Gasteiger partial charge on any atom is -0.454 e. The third kappa shape index (κ3) is 3.21. The number of nitrogens with one attached hydrogen (secondary N) is 1. The van der Waals surface area contributed by atoms with Gasteiger partial charge in [0.05, 0.1) is 12.1 Å². The Hall–Kier alpha value is -3.65. The molecule has 2 amide bonds. The summed E-state index contributed by atoms with van der Waals surface area (Å²) in [5.41, 5.74) is 1.54. The van der Waals surface area contributed by atoms with Crippen LogP contribution in [0.4, 0.5) is 10.1 Å². The van der Waals surface area contributed by atoms with E-state index in [1.165, 1.54) is 34.4 Å². The first-order chi connectivity index (χ1) is 14.6. The normalized spacial score (nSPS) is 15.3. The Balaban J connectivity index is 1.48. The number of anilines is 1. The number of hydrogen-bond acceptors (Lipinski definition) is 6. The van der Waals surface area contributed by atoms with Crippen molar-refractivity contribution in [2.45, 2.75) is 6.54 Å². The molecule has 150 valence electrons. The van der Waals surface area contributed by atoms with E-state index in [0.717, 1.165) is 5.56 Å². The number of halogens is 1. The van der Waals surface area contributed by atoms with Crippen LogP contribution in [-0.4, -0.2) is 23.5 Å². The van der Waals surface area contributed by atoms with Crippen LogP contribution in [0.5, 0.6) is 11.5 Å². The monoisotopic (exact) mass is 422 g/mol. The van der Waals surface area contributed by atoms with E-state index in [4.69, 9.17) is 9.47 Å². The second-order valence-electron chi connectivity index (χ2n) is 6.75. The van der Waals surface area contributed by atoms with Gasteiger partial charge in [0, 0.05) is 10.6 Å². The number of ether oxygens (including phenoxy) is 2. The highest BCUT2D eigenvalue weighted by Crippen LogP contribution is 2.36. The number of carbonyl (C=O) groups is 2. The molecule has 2 aliphatic rings. The molecule has 30 heavy (non-hydrogen) atoms. The van der Waals surface area contributed by atoms with Gasteiger partial charge in [-0.1, -0.05) is 18.2 Å². The van der Waals surface area contributed by atoms with E-state index in [1.54, 1.807) is 30.3 Å². The summed E-state index contributed by atoms with van der Waals surface area (Å²) in [4.78, 5) is 28.2. The summed E-state index contributed by atoms with van der Waals surface area (Å²) in [6.07, 6.45) is 0. The Morgan fingerprint density at radius 1 is 1.00 bits per heavy atom. The zero-order chi connectivity index (χ0) is 20.7. The Morgan fingerprint density at radius 2 is 1.87 bits per heavy atom. The third-order valence-corrected chi connectivity index (χ3v) is 5.69. The van der Waals surface area contributed by atoms with Gasteiger partial charge in [0.2, 0.25) is 6.79 Å². The molecule has 0 unspecified atom stereocenters. The number of imide groups is 1. The number of carbonyl (C=O) groups excluding carboxylic acids is 2. The average Bonchev–Trinajstić information content (AvgIpc) is 3.46. The standard InChI is InChI=1S/C22H15FN2O4S/c23-14-3-1-4-15(10-14)24-20-19(18-5-2-8-30-18)21(26)25(22(20)27)11-13-6-7-16-17(9-13)29-12-28-16/h1-10,24H,11-12H2. The van der Waals surface area contributed by atoms with Crippen molar-refractivity contribution in [1.82, 2.24) is 4.90 Å². The van der Waals surface area contributed by atoms with Crippen LogP contribution in [0.15, 0.2) is 65.7 Å². The largest absolute Gasteiger partial charge is 0.454 e. The van der Waals surface area contributed by atoms with Crippen LogP contribution >= 0.6 is 11.3 Å². The van der Waals surface area contributed by atoms with Crippen LogP contribution in [0.3, 0.4) is 0 Å². The molecule has 2 aliphatic heterocycles. The van der Waals surface area contributed by atoms with Crippen molar-refractivity contribution >= 4 is 34.4 Å². The highest BCUT2D eigenvalue weighted by Gasteiger charge is 2.39. The fourth-order valence-electron chi connectivity index (χ4n) is 3.42. The van der Waals surface area contributed by atoms with Crippen molar-refractivity contribution < 1.29 is 23.5 Å². The van der Waals surface area contributed by atoms with Crippen LogP contribution in [0, 0.1) is 5.82 Å². The van der Waals surface area contributed by atoms with E-state index < -0.39 is 17.6 Å². The second-order valence-corrected chi connectivity index (χ2v) is 7.69. The maximum Gasteiger partial charge on any atom is 0.278 e. The minimum absolute atomic E-state index is 0.0809. The first kappa shape index (κ1) is 18.4. The molecule has 1 N–H and O–H groups in total. The number of hydrogen-bond donors (Lipinski definition) is 1. The van der Waals surface area contributed by atoms with Gasteiger partial charge in [-0.05, 0) is 47.3 Å². The van der Waals surface area contributed by atoms with Crippen molar-refractivity contribution in [3.8, 4) is 11.5 Å². The molecular formula is C22H15FN2O4S. The number of fused-ring (bicyclic) bond motifs is 1. The smallest absolute Gasteiger partial charge is 0.278 e. The van der Waals surface area contributed by atoms with Gasteiger partial charge in [0.15, 0.2) is 11.5 Å². The molecule has 1 aromatic heterocycles. The first-order valence-corrected chi connectivity index (χ1v) is 10.0. The van der Waals surface area contributed by atoms with Crippen molar-refractivity contribution in [3.63, 3.8) is 0 Å². The van der Waals surface area contributed by atoms with E-state index in [9.17, 15) is 14.0 Å². The summed E-state index contributed by atoms with van der Waals surface area (Å²) in [6.45, 7) is 0.226. The Morgan fingerprint density at radius 3 is 2.67 bits per heavy atom. The summed E-state index contributed by atoms with van der Waals surface area (Å²) in [5.74, 6) is -0.101. The number of nitrogens with zero attached hydrogens (tertiary/aromatic N) is 1. The lowest BCUT2D eigenvalue weighted by molar-refractivity contribution is -0.137. The molecule has 0 saturated carbocycles. The highest BCUT2D eigenvalue weighted by molar-refractivity contribution is 7.11. The van der Waals surface area contributed by atoms with E-state index in [2.05, 4.69) is 5.32 Å². The average molecular weight is 422 g/mol. The van der Waals surface area contributed by atoms with Crippen molar-refractivity contribution in [1.29, 1.82) is 0 Å². The predicted molar refractivity (Wildman–Crippen MR) is 109 cm³/mol. The van der Waals surface area contributed by atoms with Crippen molar-refractivity contribution in [2.24, 2.45) is 0 Å². The predicted octanol–water partition coefficient (Wildman–Crippen LogP) is 4.01. The van der Waals surface area contributed by atoms with Gasteiger partial charge in [0.1, 0.15) is 11.5 Å². The number of rotatable bonds is 5. The second kappa shape index (κ2) is 7.31. The van der Waals surface area contributed by atoms with Crippen LogP contribution in [-0.2, 0) is 16.1 Å². The van der Waals surface area contributed by atoms with Gasteiger partial charge in [0.25, 0.3) is 11.8 Å². The number of benzene rings is 2. The molecule has 3 heterocycles. The quantitative estimate of drug-likeness (QED) is 0.630. The van der Waals surface area contributed by atoms with E-state index in [0.29, 0.717) is 22.1 Å². The molecule has 3 aromatic rings. The molecule has 0 aliphatic carbocycles. The summed E-state index contributed by atoms with van der Waals surface area (Å²) in [7, 11) is 0. The maximum absolute atomic E-state index is 13.6. The van der Waals surface area contributed by atoms with Gasteiger partial charge in [-0.3, -0.25) is 14.5 Å². The van der Waals surface area contributed by atoms with Crippen LogP contribution < -0.4 is 14.8 Å². The van der Waals surface area contributed by atoms with Crippen LogP contribution in [0.2, 0.25) is 0 Å². The molecule has 0 radical (unpaired) electrons. The topological polar surface area (TPSA) is 67.9 Å². The van der Waals surface area contributed by atoms with Gasteiger partial charge >= 0.3 is 0 Å². The Kier molecular flexibility index (Phi) is 4.48. The molecule has 8 heteroatoms. The van der Waals surface area contributed by atoms with Gasteiger partial charge in [-0.2, -0.15) is 0 Å². The molecule has 2 aromatic carbocycles. The highest BCUT2D eigenvalue weighted by atomic mass is 32.1.